The molecule has 5 rings (SSSR count). The van der Waals surface area contributed by atoms with E-state index in [0.29, 0.717) is 25.5 Å². The number of hydrogen-bond donors (Lipinski definition) is 1. The monoisotopic (exact) mass is 532 g/mol. The molecule has 2 fully saturated rings. The minimum absolute atomic E-state index is 0.0821. The Morgan fingerprint density at radius 2 is 1.54 bits per heavy atom. The van der Waals surface area contributed by atoms with Gasteiger partial charge in [0.1, 0.15) is 18.0 Å². The highest BCUT2D eigenvalue weighted by Crippen LogP contribution is 2.48. The lowest BCUT2D eigenvalue weighted by atomic mass is 9.65. The van der Waals surface area contributed by atoms with Crippen molar-refractivity contribution in [3.05, 3.63) is 83.3 Å². The topological polar surface area (TPSA) is 100 Å². The second-order valence-corrected chi connectivity index (χ2v) is 11.3. The minimum atomic E-state index is -0.751. The maximum Gasteiger partial charge on any atom is 0.361 e. The summed E-state index contributed by atoms with van der Waals surface area (Å²) in [6, 6.07) is 19.8. The molecule has 8 nitrogen and oxygen atoms in total. The molecular weight excluding hydrogens is 496 g/mol. The number of rotatable bonds is 7. The fourth-order valence-corrected chi connectivity index (χ4v) is 5.45. The molecule has 1 aliphatic carbocycles. The first-order valence-electron chi connectivity index (χ1n) is 13.5. The van der Waals surface area contributed by atoms with Crippen LogP contribution in [0.2, 0.25) is 0 Å². The molecule has 0 radical (unpaired) electrons. The number of aromatic hydroxyl groups is 1. The molecule has 1 saturated heterocycles. The lowest BCUT2D eigenvalue weighted by molar-refractivity contribution is -0.185. The molecule has 206 valence electrons. The Balaban J connectivity index is 1.48. The molecule has 0 atom stereocenters. The van der Waals surface area contributed by atoms with Crippen LogP contribution in [0, 0.1) is 0 Å². The molecule has 0 unspecified atom stereocenters. The molecule has 1 spiro atoms. The smallest absolute Gasteiger partial charge is 0.361 e. The van der Waals surface area contributed by atoms with Gasteiger partial charge in [0, 0.05) is 24.7 Å². The van der Waals surface area contributed by atoms with Crippen LogP contribution in [0.1, 0.15) is 73.9 Å². The summed E-state index contributed by atoms with van der Waals surface area (Å²) >= 11 is 0. The van der Waals surface area contributed by atoms with E-state index in [-0.39, 0.29) is 29.3 Å². The van der Waals surface area contributed by atoms with E-state index in [9.17, 15) is 9.90 Å². The van der Waals surface area contributed by atoms with Crippen LogP contribution < -0.4 is 4.74 Å². The van der Waals surface area contributed by atoms with E-state index in [4.69, 9.17) is 18.9 Å². The van der Waals surface area contributed by atoms with Crippen LogP contribution in [0.15, 0.2) is 60.7 Å². The molecule has 1 aromatic heterocycles. The molecule has 0 bridgehead atoms. The van der Waals surface area contributed by atoms with Crippen molar-refractivity contribution >= 4 is 5.97 Å². The van der Waals surface area contributed by atoms with Gasteiger partial charge in [0.2, 0.25) is 5.75 Å². The van der Waals surface area contributed by atoms with Crippen molar-refractivity contribution in [2.45, 2.75) is 76.3 Å². The van der Waals surface area contributed by atoms with Crippen LogP contribution in [-0.2, 0) is 32.7 Å². The van der Waals surface area contributed by atoms with Crippen molar-refractivity contribution in [2.75, 3.05) is 13.2 Å². The second-order valence-electron chi connectivity index (χ2n) is 11.3. The fourth-order valence-electron chi connectivity index (χ4n) is 5.45. The highest BCUT2D eigenvalue weighted by Gasteiger charge is 2.47. The predicted octanol–water partition coefficient (Wildman–Crippen LogP) is 5.51. The van der Waals surface area contributed by atoms with Gasteiger partial charge in [-0.15, -0.1) is 0 Å². The maximum atomic E-state index is 13.3. The van der Waals surface area contributed by atoms with E-state index in [1.165, 1.54) is 0 Å². The number of hydrogen-bond acceptors (Lipinski definition) is 8. The Hall–Kier alpha value is -3.49. The van der Waals surface area contributed by atoms with Crippen molar-refractivity contribution in [3.63, 3.8) is 0 Å². The van der Waals surface area contributed by atoms with Crippen molar-refractivity contribution in [1.29, 1.82) is 0 Å². The third-order valence-electron chi connectivity index (χ3n) is 7.38. The summed E-state index contributed by atoms with van der Waals surface area (Å²) in [6.45, 7) is 6.72. The van der Waals surface area contributed by atoms with E-state index in [1.54, 1.807) is 20.8 Å². The van der Waals surface area contributed by atoms with E-state index >= 15 is 0 Å². The van der Waals surface area contributed by atoms with Gasteiger partial charge in [-0.1, -0.05) is 60.7 Å². The molecule has 0 amide bonds. The third kappa shape index (κ3) is 6.23. The lowest BCUT2D eigenvalue weighted by Crippen LogP contribution is -2.43. The van der Waals surface area contributed by atoms with Gasteiger partial charge in [-0.05, 0) is 44.7 Å². The van der Waals surface area contributed by atoms with Gasteiger partial charge in [0.15, 0.2) is 11.5 Å². The first kappa shape index (κ1) is 27.1. The van der Waals surface area contributed by atoms with E-state index in [1.807, 2.05) is 48.5 Å². The van der Waals surface area contributed by atoms with Gasteiger partial charge in [0.25, 0.3) is 5.88 Å². The second kappa shape index (κ2) is 10.9. The van der Waals surface area contributed by atoms with Crippen LogP contribution in [-0.4, -0.2) is 45.6 Å². The van der Waals surface area contributed by atoms with Crippen molar-refractivity contribution in [2.24, 2.45) is 0 Å². The van der Waals surface area contributed by atoms with Crippen LogP contribution in [0.5, 0.6) is 11.6 Å². The van der Waals surface area contributed by atoms with Gasteiger partial charge in [0.05, 0.1) is 13.2 Å². The normalized spacial score (nSPS) is 18.1. The minimum Gasteiger partial charge on any atom is -0.491 e. The predicted molar refractivity (Wildman–Crippen MR) is 145 cm³/mol. The van der Waals surface area contributed by atoms with Crippen LogP contribution >= 0.6 is 0 Å². The average Bonchev–Trinajstić information content (AvgIpc) is 3.38. The average molecular weight is 533 g/mol. The molecule has 1 N–H and O–H groups in total. The molecule has 8 heteroatoms. The summed E-state index contributed by atoms with van der Waals surface area (Å²) < 4.78 is 23.5. The number of esters is 1. The summed E-state index contributed by atoms with van der Waals surface area (Å²) in [5, 5.41) is 11.0. The maximum absolute atomic E-state index is 13.3. The molecule has 2 heterocycles. The summed E-state index contributed by atoms with van der Waals surface area (Å²) in [5.74, 6) is -1.31. The van der Waals surface area contributed by atoms with Crippen molar-refractivity contribution < 1.29 is 28.8 Å². The van der Waals surface area contributed by atoms with Gasteiger partial charge < -0.3 is 24.1 Å². The van der Waals surface area contributed by atoms with Crippen molar-refractivity contribution in [3.8, 4) is 11.6 Å². The number of carbonyl (C=O) groups excluding carboxylic acids is 1. The SMILES string of the molecule is CC(C)(C)OC(=O)c1nc(CC2(c3ccccc3)CCC3(CC2)OCCO3)nc(O)c1OCc1ccccc1. The zero-order valence-electron chi connectivity index (χ0n) is 22.8. The molecule has 39 heavy (non-hydrogen) atoms. The zero-order chi connectivity index (χ0) is 27.5. The van der Waals surface area contributed by atoms with Gasteiger partial charge in [-0.2, -0.15) is 4.98 Å². The first-order valence-corrected chi connectivity index (χ1v) is 13.5. The molecule has 2 aromatic carbocycles. The third-order valence-corrected chi connectivity index (χ3v) is 7.38. The van der Waals surface area contributed by atoms with Gasteiger partial charge in [-0.3, -0.25) is 0 Å². The van der Waals surface area contributed by atoms with Crippen LogP contribution in [0.3, 0.4) is 0 Å². The van der Waals surface area contributed by atoms with Crippen LogP contribution in [0.4, 0.5) is 0 Å². The van der Waals surface area contributed by atoms with E-state index < -0.39 is 17.4 Å². The number of ether oxygens (including phenoxy) is 4. The van der Waals surface area contributed by atoms with Crippen LogP contribution in [0.25, 0.3) is 0 Å². The molecular formula is C31H36N2O6. The Bertz CT molecular complexity index is 1270. The van der Waals surface area contributed by atoms with E-state index in [0.717, 1.165) is 36.8 Å². The highest BCUT2D eigenvalue weighted by atomic mass is 16.7. The molecule has 1 saturated carbocycles. The lowest BCUT2D eigenvalue weighted by Gasteiger charge is -2.44. The number of carbonyl (C=O) groups is 1. The summed E-state index contributed by atoms with van der Waals surface area (Å²) in [6.07, 6.45) is 3.48. The zero-order valence-corrected chi connectivity index (χ0v) is 22.8. The number of nitrogens with zero attached hydrogens (tertiary/aromatic N) is 2. The van der Waals surface area contributed by atoms with Gasteiger partial charge in [-0.25, -0.2) is 9.78 Å². The fraction of sp³-hybridized carbons (Fsp3) is 0.452. The quantitative estimate of drug-likeness (QED) is 0.398. The standard InChI is InChI=1S/C31H36N2O6/c1-29(2,3)39-28(35)25-26(36-21-22-10-6-4-7-11-22)27(34)33-24(32-25)20-30(23-12-8-5-9-13-23)14-16-31(17-15-30)37-18-19-38-31/h4-13H,14-21H2,1-3H3,(H,32,33,34). The number of aromatic nitrogens is 2. The molecule has 3 aromatic rings. The highest BCUT2D eigenvalue weighted by molar-refractivity contribution is 5.91. The Kier molecular flexibility index (Phi) is 7.60. The largest absolute Gasteiger partial charge is 0.491 e. The molecule has 2 aliphatic rings. The molecule has 1 aliphatic heterocycles. The first-order chi connectivity index (χ1) is 18.7. The Morgan fingerprint density at radius 1 is 0.923 bits per heavy atom. The number of benzene rings is 2. The summed E-state index contributed by atoms with van der Waals surface area (Å²) in [4.78, 5) is 22.4. The summed E-state index contributed by atoms with van der Waals surface area (Å²) in [5.41, 5.74) is 0.891. The van der Waals surface area contributed by atoms with E-state index in [2.05, 4.69) is 22.1 Å². The Morgan fingerprint density at radius 3 is 2.15 bits per heavy atom. The van der Waals surface area contributed by atoms with Gasteiger partial charge >= 0.3 is 5.97 Å². The Labute approximate surface area is 229 Å². The summed E-state index contributed by atoms with van der Waals surface area (Å²) in [7, 11) is 0. The van der Waals surface area contributed by atoms with Crippen molar-refractivity contribution in [1.82, 2.24) is 9.97 Å².